The zero-order valence-electron chi connectivity index (χ0n) is 9.14. The van der Waals surface area contributed by atoms with Crippen LogP contribution < -0.4 is 5.32 Å². The van der Waals surface area contributed by atoms with Crippen LogP contribution in [0.25, 0.3) is 10.9 Å². The van der Waals surface area contributed by atoms with Gasteiger partial charge in [-0.1, -0.05) is 18.2 Å². The minimum atomic E-state index is -0.0376. The van der Waals surface area contributed by atoms with E-state index in [0.29, 0.717) is 0 Å². The molecule has 0 aliphatic heterocycles. The third-order valence-electron chi connectivity index (χ3n) is 2.68. The molecule has 15 heavy (non-hydrogen) atoms. The van der Waals surface area contributed by atoms with Crippen LogP contribution in [0.1, 0.15) is 21.6 Å². The largest absolute Gasteiger partial charge is 0.358 e. The average molecular weight is 202 g/mol. The second-order valence-electron chi connectivity index (χ2n) is 3.70. The lowest BCUT2D eigenvalue weighted by atomic mass is 10.1. The molecule has 0 bridgehead atoms. The number of aromatic amines is 1. The molecule has 0 aliphatic carbocycles. The van der Waals surface area contributed by atoms with Crippen LogP contribution in [0.5, 0.6) is 0 Å². The number of hydrogen-bond acceptors (Lipinski definition) is 1. The van der Waals surface area contributed by atoms with Crippen molar-refractivity contribution in [3.63, 3.8) is 0 Å². The number of para-hydroxylation sites is 1. The molecule has 78 valence electrons. The normalized spacial score (nSPS) is 10.6. The number of carbonyl (C=O) groups excluding carboxylic acids is 1. The smallest absolute Gasteiger partial charge is 0.253 e. The van der Waals surface area contributed by atoms with E-state index in [0.717, 1.165) is 27.7 Å². The molecule has 2 N–H and O–H groups in total. The molecule has 0 spiro atoms. The number of rotatable bonds is 1. The summed E-state index contributed by atoms with van der Waals surface area (Å²) in [6, 6.07) is 5.97. The first-order valence-corrected chi connectivity index (χ1v) is 4.95. The first-order chi connectivity index (χ1) is 7.15. The van der Waals surface area contributed by atoms with E-state index in [1.54, 1.807) is 7.05 Å². The molecule has 0 atom stereocenters. The van der Waals surface area contributed by atoms with E-state index in [-0.39, 0.29) is 5.91 Å². The van der Waals surface area contributed by atoms with Crippen LogP contribution in [0.4, 0.5) is 0 Å². The molecule has 0 radical (unpaired) electrons. The van der Waals surface area contributed by atoms with Crippen molar-refractivity contribution in [1.82, 2.24) is 10.3 Å². The van der Waals surface area contributed by atoms with Gasteiger partial charge in [0.1, 0.15) is 0 Å². The van der Waals surface area contributed by atoms with Gasteiger partial charge in [-0.2, -0.15) is 0 Å². The molecule has 1 aromatic carbocycles. The molecule has 0 saturated carbocycles. The maximum absolute atomic E-state index is 11.7. The number of carbonyl (C=O) groups is 1. The standard InChI is InChI=1S/C12H14N2O/c1-7-5-4-6-9-10(12(15)13-3)8(2)14-11(7)9/h4-6,14H,1-3H3,(H,13,15). The van der Waals surface area contributed by atoms with Gasteiger partial charge in [-0.3, -0.25) is 4.79 Å². The Hall–Kier alpha value is -1.77. The molecule has 0 aliphatic rings. The highest BCUT2D eigenvalue weighted by Crippen LogP contribution is 2.24. The number of hydrogen-bond donors (Lipinski definition) is 2. The minimum Gasteiger partial charge on any atom is -0.358 e. The molecule has 0 saturated heterocycles. The maximum Gasteiger partial charge on any atom is 0.253 e. The monoisotopic (exact) mass is 202 g/mol. The van der Waals surface area contributed by atoms with E-state index in [1.165, 1.54) is 0 Å². The molecule has 2 aromatic rings. The lowest BCUT2D eigenvalue weighted by molar-refractivity contribution is 0.0964. The van der Waals surface area contributed by atoms with E-state index in [9.17, 15) is 4.79 Å². The van der Waals surface area contributed by atoms with Gasteiger partial charge in [0.2, 0.25) is 0 Å². The Morgan fingerprint density at radius 2 is 2.07 bits per heavy atom. The predicted octanol–water partition coefficient (Wildman–Crippen LogP) is 2.14. The van der Waals surface area contributed by atoms with Gasteiger partial charge in [0.15, 0.2) is 0 Å². The molecule has 1 amide bonds. The van der Waals surface area contributed by atoms with E-state index >= 15 is 0 Å². The molecule has 2 rings (SSSR count). The summed E-state index contributed by atoms with van der Waals surface area (Å²) in [6.07, 6.45) is 0. The number of benzene rings is 1. The summed E-state index contributed by atoms with van der Waals surface area (Å²) in [4.78, 5) is 14.9. The summed E-state index contributed by atoms with van der Waals surface area (Å²) in [7, 11) is 1.65. The van der Waals surface area contributed by atoms with Crippen molar-refractivity contribution in [3.8, 4) is 0 Å². The molecule has 0 unspecified atom stereocenters. The Morgan fingerprint density at radius 1 is 1.33 bits per heavy atom. The lowest BCUT2D eigenvalue weighted by Gasteiger charge is -1.99. The summed E-state index contributed by atoms with van der Waals surface area (Å²) in [5, 5.41) is 3.65. The van der Waals surface area contributed by atoms with E-state index < -0.39 is 0 Å². The predicted molar refractivity (Wildman–Crippen MR) is 61.2 cm³/mol. The third-order valence-corrected chi connectivity index (χ3v) is 2.68. The van der Waals surface area contributed by atoms with Crippen molar-refractivity contribution < 1.29 is 4.79 Å². The van der Waals surface area contributed by atoms with Crippen LogP contribution in [0.3, 0.4) is 0 Å². The second-order valence-corrected chi connectivity index (χ2v) is 3.70. The zero-order valence-corrected chi connectivity index (χ0v) is 9.14. The Balaban J connectivity index is 2.79. The number of H-pyrrole nitrogens is 1. The van der Waals surface area contributed by atoms with Crippen molar-refractivity contribution in [1.29, 1.82) is 0 Å². The SMILES string of the molecule is CNC(=O)c1c(C)[nH]c2c(C)cccc12. The van der Waals surface area contributed by atoms with Gasteiger partial charge in [0.05, 0.1) is 5.56 Å². The highest BCUT2D eigenvalue weighted by Gasteiger charge is 2.14. The van der Waals surface area contributed by atoms with Crippen LogP contribution in [0.15, 0.2) is 18.2 Å². The highest BCUT2D eigenvalue weighted by molar-refractivity contribution is 6.08. The molecule has 1 heterocycles. The molecule has 3 heteroatoms. The molecule has 0 fully saturated rings. The molecule has 3 nitrogen and oxygen atoms in total. The summed E-state index contributed by atoms with van der Waals surface area (Å²) in [6.45, 7) is 3.95. The van der Waals surface area contributed by atoms with Crippen LogP contribution in [0.2, 0.25) is 0 Å². The molecular weight excluding hydrogens is 188 g/mol. The topological polar surface area (TPSA) is 44.9 Å². The quantitative estimate of drug-likeness (QED) is 0.731. The van der Waals surface area contributed by atoms with Crippen molar-refractivity contribution in [3.05, 3.63) is 35.0 Å². The first-order valence-electron chi connectivity index (χ1n) is 4.95. The van der Waals surface area contributed by atoms with E-state index in [2.05, 4.69) is 10.3 Å². The van der Waals surface area contributed by atoms with Gasteiger partial charge in [-0.05, 0) is 19.4 Å². The summed E-state index contributed by atoms with van der Waals surface area (Å²) >= 11 is 0. The summed E-state index contributed by atoms with van der Waals surface area (Å²) < 4.78 is 0. The van der Waals surface area contributed by atoms with Crippen molar-refractivity contribution >= 4 is 16.8 Å². The van der Waals surface area contributed by atoms with Gasteiger partial charge >= 0.3 is 0 Å². The van der Waals surface area contributed by atoms with Gasteiger partial charge in [0.25, 0.3) is 5.91 Å². The number of nitrogens with one attached hydrogen (secondary N) is 2. The Labute approximate surface area is 88.5 Å². The average Bonchev–Trinajstić information content (AvgIpc) is 2.55. The Morgan fingerprint density at radius 3 is 2.73 bits per heavy atom. The van der Waals surface area contributed by atoms with Crippen molar-refractivity contribution in [2.75, 3.05) is 7.05 Å². The fourth-order valence-electron chi connectivity index (χ4n) is 1.91. The summed E-state index contributed by atoms with van der Waals surface area (Å²) in [5.41, 5.74) is 3.87. The van der Waals surface area contributed by atoms with Crippen molar-refractivity contribution in [2.45, 2.75) is 13.8 Å². The minimum absolute atomic E-state index is 0.0376. The fourth-order valence-corrected chi connectivity index (χ4v) is 1.91. The number of fused-ring (bicyclic) bond motifs is 1. The van der Waals surface area contributed by atoms with Crippen LogP contribution in [-0.2, 0) is 0 Å². The zero-order chi connectivity index (χ0) is 11.0. The first kappa shape index (κ1) is 9.77. The number of amides is 1. The number of aryl methyl sites for hydroxylation is 2. The third kappa shape index (κ3) is 1.40. The fraction of sp³-hybridized carbons (Fsp3) is 0.250. The van der Waals surface area contributed by atoms with Gasteiger partial charge in [-0.15, -0.1) is 0 Å². The molecule has 1 aromatic heterocycles. The molecular formula is C12H14N2O. The van der Waals surface area contributed by atoms with Gasteiger partial charge in [0, 0.05) is 23.6 Å². The van der Waals surface area contributed by atoms with Crippen LogP contribution in [0, 0.1) is 13.8 Å². The maximum atomic E-state index is 11.7. The van der Waals surface area contributed by atoms with E-state index in [1.807, 2.05) is 32.0 Å². The Kier molecular flexibility index (Phi) is 2.23. The Bertz CT molecular complexity index is 526. The van der Waals surface area contributed by atoms with Crippen LogP contribution >= 0.6 is 0 Å². The van der Waals surface area contributed by atoms with Gasteiger partial charge < -0.3 is 10.3 Å². The lowest BCUT2D eigenvalue weighted by Crippen LogP contribution is -2.18. The highest BCUT2D eigenvalue weighted by atomic mass is 16.1. The van der Waals surface area contributed by atoms with Gasteiger partial charge in [-0.25, -0.2) is 0 Å². The van der Waals surface area contributed by atoms with Crippen LogP contribution in [-0.4, -0.2) is 17.9 Å². The number of aromatic nitrogens is 1. The van der Waals surface area contributed by atoms with E-state index in [4.69, 9.17) is 0 Å². The summed E-state index contributed by atoms with van der Waals surface area (Å²) in [5.74, 6) is -0.0376. The second kappa shape index (κ2) is 3.42. The van der Waals surface area contributed by atoms with Crippen molar-refractivity contribution in [2.24, 2.45) is 0 Å².